The number of piperidine rings is 1. The van der Waals surface area contributed by atoms with Crippen molar-refractivity contribution < 1.29 is 31.3 Å². The molecule has 1 N–H and O–H groups in total. The first-order valence-corrected chi connectivity index (χ1v) is 9.41. The number of furan rings is 1. The van der Waals surface area contributed by atoms with Gasteiger partial charge in [0.25, 0.3) is 5.82 Å². The molecule has 0 saturated carbocycles. The van der Waals surface area contributed by atoms with Gasteiger partial charge in [-0.25, -0.2) is 4.98 Å². The Kier molecular flexibility index (Phi) is 5.97. The Morgan fingerprint density at radius 2 is 1.96 bits per heavy atom. The average molecular weight is 390 g/mol. The van der Waals surface area contributed by atoms with Crippen molar-refractivity contribution in [2.45, 2.75) is 33.1 Å². The monoisotopic (exact) mass is 389 g/mol. The van der Waals surface area contributed by atoms with Crippen molar-refractivity contribution in [2.24, 2.45) is 5.92 Å². The summed E-state index contributed by atoms with van der Waals surface area (Å²) in [4.78, 5) is 22.8. The SMILES string of the molecule is CCOC(=O)C1CC[NH+](c2nc(CC)nc3c2oc2ccccc23)CC1.[Cl-]. The van der Waals surface area contributed by atoms with E-state index >= 15 is 0 Å². The molecule has 0 radical (unpaired) electrons. The van der Waals surface area contributed by atoms with Crippen molar-refractivity contribution in [1.29, 1.82) is 0 Å². The smallest absolute Gasteiger partial charge is 0.309 e. The van der Waals surface area contributed by atoms with E-state index in [-0.39, 0.29) is 24.3 Å². The third-order valence-corrected chi connectivity index (χ3v) is 5.13. The normalized spacial score (nSPS) is 19.8. The quantitative estimate of drug-likeness (QED) is 0.605. The van der Waals surface area contributed by atoms with E-state index in [9.17, 15) is 4.79 Å². The number of aromatic nitrogens is 2. The lowest BCUT2D eigenvalue weighted by atomic mass is 9.97. The van der Waals surface area contributed by atoms with Crippen LogP contribution in [0.4, 0.5) is 5.82 Å². The topological polar surface area (TPSA) is 69.7 Å². The van der Waals surface area contributed by atoms with Gasteiger partial charge in [0.15, 0.2) is 0 Å². The van der Waals surface area contributed by atoms with E-state index in [0.29, 0.717) is 6.61 Å². The lowest BCUT2D eigenvalue weighted by Crippen LogP contribution is -3.08. The van der Waals surface area contributed by atoms with Crippen molar-refractivity contribution in [1.82, 2.24) is 9.97 Å². The zero-order valence-corrected chi connectivity index (χ0v) is 16.4. The van der Waals surface area contributed by atoms with E-state index < -0.39 is 0 Å². The second kappa shape index (κ2) is 8.23. The molecule has 0 atom stereocenters. The second-order valence-corrected chi connectivity index (χ2v) is 6.75. The van der Waals surface area contributed by atoms with Gasteiger partial charge in [-0.15, -0.1) is 0 Å². The van der Waals surface area contributed by atoms with E-state index in [0.717, 1.165) is 66.1 Å². The molecule has 144 valence electrons. The molecule has 0 bridgehead atoms. The second-order valence-electron chi connectivity index (χ2n) is 6.75. The fraction of sp³-hybridized carbons (Fsp3) is 0.450. The molecule has 1 saturated heterocycles. The first kappa shape index (κ1) is 19.6. The van der Waals surface area contributed by atoms with Gasteiger partial charge in [-0.05, 0) is 19.1 Å². The summed E-state index contributed by atoms with van der Waals surface area (Å²) in [6.07, 6.45) is 2.39. The van der Waals surface area contributed by atoms with Gasteiger partial charge in [0.05, 0.1) is 25.6 Å². The molecule has 1 fully saturated rings. The van der Waals surface area contributed by atoms with E-state index in [4.69, 9.17) is 19.1 Å². The number of quaternary nitrogens is 1. The molecule has 1 aromatic carbocycles. The molecule has 1 aliphatic heterocycles. The maximum atomic E-state index is 12.0. The minimum absolute atomic E-state index is 0. The van der Waals surface area contributed by atoms with Gasteiger partial charge in [0, 0.05) is 24.6 Å². The van der Waals surface area contributed by atoms with Gasteiger partial charge < -0.3 is 21.6 Å². The molecule has 7 heteroatoms. The maximum Gasteiger partial charge on any atom is 0.309 e. The van der Waals surface area contributed by atoms with Crippen molar-refractivity contribution in [3.8, 4) is 0 Å². The molecule has 0 aliphatic carbocycles. The van der Waals surface area contributed by atoms with Crippen molar-refractivity contribution in [2.75, 3.05) is 19.7 Å². The lowest BCUT2D eigenvalue weighted by Gasteiger charge is -2.27. The summed E-state index contributed by atoms with van der Waals surface area (Å²) in [7, 11) is 0. The maximum absolute atomic E-state index is 12.0. The number of nitrogens with one attached hydrogen (secondary N) is 1. The number of halogens is 1. The summed E-state index contributed by atoms with van der Waals surface area (Å²) < 4.78 is 11.3. The van der Waals surface area contributed by atoms with Crippen molar-refractivity contribution in [3.05, 3.63) is 30.1 Å². The summed E-state index contributed by atoms with van der Waals surface area (Å²) in [6, 6.07) is 7.98. The number of fused-ring (bicyclic) bond motifs is 3. The Balaban J connectivity index is 0.00000210. The first-order valence-electron chi connectivity index (χ1n) is 9.41. The Bertz CT molecular complexity index is 948. The van der Waals surface area contributed by atoms with Crippen LogP contribution in [-0.4, -0.2) is 35.6 Å². The van der Waals surface area contributed by atoms with Crippen LogP contribution in [0.1, 0.15) is 32.5 Å². The van der Waals surface area contributed by atoms with Crippen molar-refractivity contribution in [3.63, 3.8) is 0 Å². The molecule has 3 heterocycles. The Labute approximate surface area is 164 Å². The lowest BCUT2D eigenvalue weighted by molar-refractivity contribution is -0.841. The number of nitrogens with zero attached hydrogens (tertiary/aromatic N) is 2. The third-order valence-electron chi connectivity index (χ3n) is 5.13. The number of carbonyl (C=O) groups excluding carboxylic acids is 1. The molecule has 27 heavy (non-hydrogen) atoms. The van der Waals surface area contributed by atoms with Gasteiger partial charge in [0.2, 0.25) is 5.58 Å². The number of hydrogen-bond acceptors (Lipinski definition) is 5. The standard InChI is InChI=1S/C20H23N3O3.ClH/c1-3-16-21-17-14-7-5-6-8-15(14)26-18(17)19(22-16)23-11-9-13(10-12-23)20(24)25-4-2;/h5-8,13H,3-4,9-12H2,1-2H3;1H. The summed E-state index contributed by atoms with van der Waals surface area (Å²) in [5.74, 6) is 1.68. The number of esters is 1. The summed E-state index contributed by atoms with van der Waals surface area (Å²) in [6.45, 7) is 6.04. The molecule has 3 aromatic rings. The third kappa shape index (κ3) is 3.64. The highest BCUT2D eigenvalue weighted by Crippen LogP contribution is 2.30. The van der Waals surface area contributed by atoms with Crippen LogP contribution >= 0.6 is 0 Å². The number of carbonyl (C=O) groups is 1. The molecule has 2 aromatic heterocycles. The van der Waals surface area contributed by atoms with Crippen molar-refractivity contribution >= 4 is 33.9 Å². The molecule has 1 aliphatic rings. The zero-order valence-electron chi connectivity index (χ0n) is 15.6. The van der Waals surface area contributed by atoms with Gasteiger partial charge in [-0.3, -0.25) is 9.69 Å². The van der Waals surface area contributed by atoms with Gasteiger partial charge >= 0.3 is 5.97 Å². The Morgan fingerprint density at radius 1 is 1.22 bits per heavy atom. The van der Waals surface area contributed by atoms with E-state index in [1.807, 2.05) is 31.2 Å². The van der Waals surface area contributed by atoms with Crippen LogP contribution in [-0.2, 0) is 16.0 Å². The van der Waals surface area contributed by atoms with Gasteiger partial charge in [0.1, 0.15) is 16.9 Å². The molecule has 0 spiro atoms. The molecule has 0 unspecified atom stereocenters. The Hall–Kier alpha value is -2.18. The van der Waals surface area contributed by atoms with E-state index in [1.165, 1.54) is 4.90 Å². The zero-order chi connectivity index (χ0) is 18.1. The molecule has 0 amide bonds. The highest BCUT2D eigenvalue weighted by molar-refractivity contribution is 6.04. The van der Waals surface area contributed by atoms with Crippen LogP contribution in [0.3, 0.4) is 0 Å². The van der Waals surface area contributed by atoms with Crippen LogP contribution in [0.25, 0.3) is 22.1 Å². The number of hydrogen-bond donors (Lipinski definition) is 1. The highest BCUT2D eigenvalue weighted by Gasteiger charge is 2.32. The molecule has 4 rings (SSSR count). The summed E-state index contributed by atoms with van der Waals surface area (Å²) in [5.41, 5.74) is 2.50. The number of rotatable bonds is 4. The van der Waals surface area contributed by atoms with E-state index in [2.05, 4.69) is 6.92 Å². The minimum atomic E-state index is -0.0719. The molecular weight excluding hydrogens is 366 g/mol. The number of para-hydroxylation sites is 1. The first-order chi connectivity index (χ1) is 12.7. The fourth-order valence-corrected chi connectivity index (χ4v) is 3.73. The fourth-order valence-electron chi connectivity index (χ4n) is 3.73. The molecular formula is C20H24ClN3O3. The van der Waals surface area contributed by atoms with Crippen LogP contribution in [0.15, 0.2) is 28.7 Å². The van der Waals surface area contributed by atoms with Crippen LogP contribution in [0.5, 0.6) is 0 Å². The summed E-state index contributed by atoms with van der Waals surface area (Å²) in [5, 5.41) is 1.03. The predicted octanol–water partition coefficient (Wildman–Crippen LogP) is -0.568. The van der Waals surface area contributed by atoms with Crippen LogP contribution < -0.4 is 17.3 Å². The number of aryl methyl sites for hydroxylation is 1. The number of benzene rings is 1. The summed E-state index contributed by atoms with van der Waals surface area (Å²) >= 11 is 0. The van der Waals surface area contributed by atoms with Crippen LogP contribution in [0.2, 0.25) is 0 Å². The highest BCUT2D eigenvalue weighted by atomic mass is 35.5. The average Bonchev–Trinajstić information content (AvgIpc) is 3.06. The van der Waals surface area contributed by atoms with Crippen LogP contribution in [0, 0.1) is 5.92 Å². The van der Waals surface area contributed by atoms with Gasteiger partial charge in [-0.2, -0.15) is 4.98 Å². The van der Waals surface area contributed by atoms with E-state index in [1.54, 1.807) is 0 Å². The minimum Gasteiger partial charge on any atom is -1.00 e. The Morgan fingerprint density at radius 3 is 2.67 bits per heavy atom. The predicted molar refractivity (Wildman–Crippen MR) is 98.4 cm³/mol. The molecule has 6 nitrogen and oxygen atoms in total. The largest absolute Gasteiger partial charge is 1.00 e. The van der Waals surface area contributed by atoms with Gasteiger partial charge in [-0.1, -0.05) is 19.1 Å². The number of ether oxygens (including phenoxy) is 1.